The molecule has 4 rings (SSSR count). The molecule has 3 heteroatoms. The summed E-state index contributed by atoms with van der Waals surface area (Å²) in [5, 5.41) is 3.64. The Kier molecular flexibility index (Phi) is 2.59. The first kappa shape index (κ1) is 12.5. The third kappa shape index (κ3) is 1.91. The standard InChI is InChI=1S/C17H23NO2/c1-12-8-14-15(20-11-17(5-6-17)10-19-14)9-13(12)16(2)4-3-7-18-16/h8-9,18H,3-7,10-11H2,1-2H3. The zero-order chi connectivity index (χ0) is 13.8. The van der Waals surface area contributed by atoms with Crippen LogP contribution in [0, 0.1) is 12.3 Å². The van der Waals surface area contributed by atoms with Gasteiger partial charge in [0.25, 0.3) is 0 Å². The van der Waals surface area contributed by atoms with Gasteiger partial charge in [-0.1, -0.05) is 0 Å². The molecular weight excluding hydrogens is 250 g/mol. The zero-order valence-corrected chi connectivity index (χ0v) is 12.4. The van der Waals surface area contributed by atoms with Gasteiger partial charge in [-0.3, -0.25) is 0 Å². The summed E-state index contributed by atoms with van der Waals surface area (Å²) in [6.07, 6.45) is 4.92. The van der Waals surface area contributed by atoms with E-state index in [1.54, 1.807) is 0 Å². The van der Waals surface area contributed by atoms with Gasteiger partial charge in [0.1, 0.15) is 0 Å². The first-order chi connectivity index (χ1) is 9.60. The Bertz CT molecular complexity index is 542. The van der Waals surface area contributed by atoms with Crippen LogP contribution in [0.4, 0.5) is 0 Å². The van der Waals surface area contributed by atoms with E-state index < -0.39 is 0 Å². The quantitative estimate of drug-likeness (QED) is 0.852. The molecular formula is C17H23NO2. The molecule has 2 heterocycles. The number of aryl methyl sites for hydroxylation is 1. The zero-order valence-electron chi connectivity index (χ0n) is 12.4. The van der Waals surface area contributed by atoms with Crippen LogP contribution in [0.15, 0.2) is 12.1 Å². The molecule has 3 aliphatic rings. The van der Waals surface area contributed by atoms with E-state index in [1.165, 1.54) is 36.8 Å². The number of ether oxygens (including phenoxy) is 2. The lowest BCUT2D eigenvalue weighted by Gasteiger charge is -2.28. The number of rotatable bonds is 1. The Hall–Kier alpha value is -1.22. The highest BCUT2D eigenvalue weighted by Gasteiger charge is 2.46. The maximum Gasteiger partial charge on any atom is 0.161 e. The summed E-state index contributed by atoms with van der Waals surface area (Å²) in [5.41, 5.74) is 3.06. The van der Waals surface area contributed by atoms with Gasteiger partial charge >= 0.3 is 0 Å². The van der Waals surface area contributed by atoms with Gasteiger partial charge in [-0.15, -0.1) is 0 Å². The highest BCUT2D eigenvalue weighted by molar-refractivity contribution is 5.50. The summed E-state index contributed by atoms with van der Waals surface area (Å²) in [5.74, 6) is 1.86. The highest BCUT2D eigenvalue weighted by atomic mass is 16.5. The largest absolute Gasteiger partial charge is 0.489 e. The van der Waals surface area contributed by atoms with Gasteiger partial charge in [0.15, 0.2) is 11.5 Å². The van der Waals surface area contributed by atoms with Gasteiger partial charge in [-0.25, -0.2) is 0 Å². The fourth-order valence-electron chi connectivity index (χ4n) is 3.57. The van der Waals surface area contributed by atoms with E-state index in [9.17, 15) is 0 Å². The molecule has 1 aliphatic carbocycles. The van der Waals surface area contributed by atoms with Crippen molar-refractivity contribution in [3.63, 3.8) is 0 Å². The van der Waals surface area contributed by atoms with Crippen molar-refractivity contribution in [2.75, 3.05) is 19.8 Å². The summed E-state index contributed by atoms with van der Waals surface area (Å²) >= 11 is 0. The van der Waals surface area contributed by atoms with Crippen LogP contribution in [0.5, 0.6) is 11.5 Å². The Morgan fingerprint density at radius 3 is 2.35 bits per heavy atom. The molecule has 3 nitrogen and oxygen atoms in total. The molecule has 0 bridgehead atoms. The maximum absolute atomic E-state index is 6.07. The molecule has 108 valence electrons. The summed E-state index contributed by atoms with van der Waals surface area (Å²) < 4.78 is 12.1. The van der Waals surface area contributed by atoms with Gasteiger partial charge in [0.05, 0.1) is 13.2 Å². The van der Waals surface area contributed by atoms with Gasteiger partial charge in [-0.05, 0) is 69.3 Å². The second-order valence-corrected chi connectivity index (χ2v) is 7.05. The number of hydrogen-bond donors (Lipinski definition) is 1. The third-order valence-corrected chi connectivity index (χ3v) is 5.28. The molecule has 1 aromatic carbocycles. The number of fused-ring (bicyclic) bond motifs is 1. The Morgan fingerprint density at radius 2 is 1.75 bits per heavy atom. The van der Waals surface area contributed by atoms with Crippen LogP contribution in [0.2, 0.25) is 0 Å². The monoisotopic (exact) mass is 273 g/mol. The van der Waals surface area contributed by atoms with E-state index in [4.69, 9.17) is 9.47 Å². The fourth-order valence-corrected chi connectivity index (χ4v) is 3.57. The lowest BCUT2D eigenvalue weighted by atomic mass is 9.87. The normalized spacial score (nSPS) is 30.3. The smallest absolute Gasteiger partial charge is 0.161 e. The van der Waals surface area contributed by atoms with Gasteiger partial charge in [0, 0.05) is 11.0 Å². The van der Waals surface area contributed by atoms with E-state index >= 15 is 0 Å². The van der Waals surface area contributed by atoms with E-state index in [1.807, 2.05) is 0 Å². The summed E-state index contributed by atoms with van der Waals surface area (Å²) in [6, 6.07) is 4.38. The molecule has 1 unspecified atom stereocenters. The number of hydrogen-bond acceptors (Lipinski definition) is 3. The first-order valence-corrected chi connectivity index (χ1v) is 7.76. The molecule has 1 saturated heterocycles. The van der Waals surface area contributed by atoms with Crippen molar-refractivity contribution in [3.05, 3.63) is 23.3 Å². The average Bonchev–Trinajstić information content (AvgIpc) is 3.12. The Balaban J connectivity index is 1.71. The lowest BCUT2D eigenvalue weighted by Crippen LogP contribution is -2.33. The average molecular weight is 273 g/mol. The third-order valence-electron chi connectivity index (χ3n) is 5.28. The van der Waals surface area contributed by atoms with Gasteiger partial charge < -0.3 is 14.8 Å². The predicted molar refractivity (Wildman–Crippen MR) is 78.4 cm³/mol. The minimum absolute atomic E-state index is 0.0893. The maximum atomic E-state index is 6.07. The molecule has 1 N–H and O–H groups in total. The molecule has 0 aromatic heterocycles. The van der Waals surface area contributed by atoms with Gasteiger partial charge in [-0.2, -0.15) is 0 Å². The Labute approximate surface area is 120 Å². The van der Waals surface area contributed by atoms with Crippen molar-refractivity contribution in [1.29, 1.82) is 0 Å². The molecule has 2 aliphatic heterocycles. The fraction of sp³-hybridized carbons (Fsp3) is 0.647. The van der Waals surface area contributed by atoms with E-state index in [0.29, 0.717) is 5.41 Å². The molecule has 20 heavy (non-hydrogen) atoms. The topological polar surface area (TPSA) is 30.5 Å². The second-order valence-electron chi connectivity index (χ2n) is 7.05. The molecule has 1 spiro atoms. The molecule has 1 atom stereocenters. The van der Waals surface area contributed by atoms with E-state index in [-0.39, 0.29) is 5.54 Å². The van der Waals surface area contributed by atoms with Crippen LogP contribution >= 0.6 is 0 Å². The molecule has 2 fully saturated rings. The van der Waals surface area contributed by atoms with Crippen LogP contribution in [0.3, 0.4) is 0 Å². The van der Waals surface area contributed by atoms with Gasteiger partial charge in [0.2, 0.25) is 0 Å². The van der Waals surface area contributed by atoms with Crippen LogP contribution in [-0.2, 0) is 5.54 Å². The first-order valence-electron chi connectivity index (χ1n) is 7.76. The summed E-state index contributed by atoms with van der Waals surface area (Å²) in [7, 11) is 0. The summed E-state index contributed by atoms with van der Waals surface area (Å²) in [4.78, 5) is 0. The van der Waals surface area contributed by atoms with Crippen LogP contribution in [0.1, 0.15) is 43.7 Å². The molecule has 1 aromatic rings. The van der Waals surface area contributed by atoms with Crippen molar-refractivity contribution >= 4 is 0 Å². The van der Waals surface area contributed by atoms with Crippen molar-refractivity contribution in [1.82, 2.24) is 5.32 Å². The predicted octanol–water partition coefficient (Wildman–Crippen LogP) is 3.15. The highest BCUT2D eigenvalue weighted by Crippen LogP contribution is 2.50. The minimum Gasteiger partial charge on any atom is -0.489 e. The molecule has 0 radical (unpaired) electrons. The van der Waals surface area contributed by atoms with Crippen LogP contribution in [-0.4, -0.2) is 19.8 Å². The Morgan fingerprint density at radius 1 is 1.05 bits per heavy atom. The van der Waals surface area contributed by atoms with Crippen molar-refractivity contribution in [3.8, 4) is 11.5 Å². The van der Waals surface area contributed by atoms with Crippen molar-refractivity contribution in [2.45, 2.75) is 45.1 Å². The summed E-state index contributed by atoms with van der Waals surface area (Å²) in [6.45, 7) is 7.21. The minimum atomic E-state index is 0.0893. The van der Waals surface area contributed by atoms with E-state index in [0.717, 1.165) is 31.3 Å². The van der Waals surface area contributed by atoms with Crippen LogP contribution in [0.25, 0.3) is 0 Å². The molecule has 1 saturated carbocycles. The number of benzene rings is 1. The number of nitrogens with one attached hydrogen (secondary N) is 1. The SMILES string of the molecule is Cc1cc2c(cc1C1(C)CCCN1)OCC1(CC1)CO2. The lowest BCUT2D eigenvalue weighted by molar-refractivity contribution is 0.197. The van der Waals surface area contributed by atoms with Crippen molar-refractivity contribution in [2.24, 2.45) is 5.41 Å². The second kappa shape index (κ2) is 4.14. The molecule has 0 amide bonds. The van der Waals surface area contributed by atoms with Crippen molar-refractivity contribution < 1.29 is 9.47 Å². The van der Waals surface area contributed by atoms with Crippen LogP contribution < -0.4 is 14.8 Å². The van der Waals surface area contributed by atoms with E-state index in [2.05, 4.69) is 31.3 Å².